The van der Waals surface area contributed by atoms with Crippen LogP contribution in [-0.4, -0.2) is 80.8 Å². The van der Waals surface area contributed by atoms with Crippen molar-refractivity contribution in [1.82, 2.24) is 9.80 Å². The second-order valence-corrected chi connectivity index (χ2v) is 6.55. The van der Waals surface area contributed by atoms with E-state index in [0.29, 0.717) is 38.3 Å². The molecule has 0 spiro atoms. The number of carbonyl (C=O) groups is 2. The minimum absolute atomic E-state index is 0.0191. The van der Waals surface area contributed by atoms with Crippen molar-refractivity contribution in [2.24, 2.45) is 0 Å². The van der Waals surface area contributed by atoms with E-state index in [2.05, 4.69) is 0 Å². The van der Waals surface area contributed by atoms with Crippen molar-refractivity contribution in [2.45, 2.75) is 18.9 Å². The van der Waals surface area contributed by atoms with Gasteiger partial charge in [-0.2, -0.15) is 0 Å². The zero-order valence-electron chi connectivity index (χ0n) is 15.2. The molecule has 2 aliphatic rings. The molecule has 0 bridgehead atoms. The van der Waals surface area contributed by atoms with Gasteiger partial charge in [-0.15, -0.1) is 0 Å². The molecule has 0 aliphatic carbocycles. The van der Waals surface area contributed by atoms with E-state index in [0.717, 1.165) is 25.2 Å². The maximum Gasteiger partial charge on any atom is 0.253 e. The fourth-order valence-electron chi connectivity index (χ4n) is 3.22. The van der Waals surface area contributed by atoms with Crippen LogP contribution in [0.5, 0.6) is 5.75 Å². The fourth-order valence-corrected chi connectivity index (χ4v) is 3.22. The van der Waals surface area contributed by atoms with Crippen molar-refractivity contribution >= 4 is 11.8 Å². The third-order valence-corrected chi connectivity index (χ3v) is 4.81. The van der Waals surface area contributed by atoms with E-state index in [-0.39, 0.29) is 24.5 Å². The first-order chi connectivity index (χ1) is 12.7. The summed E-state index contributed by atoms with van der Waals surface area (Å²) in [6.07, 6.45) is 2.19. The van der Waals surface area contributed by atoms with Gasteiger partial charge < -0.3 is 24.0 Å². The molecule has 1 aromatic carbocycles. The number of hydrogen-bond acceptors (Lipinski definition) is 5. The zero-order chi connectivity index (χ0) is 18.4. The summed E-state index contributed by atoms with van der Waals surface area (Å²) >= 11 is 0. The summed E-state index contributed by atoms with van der Waals surface area (Å²) in [5, 5.41) is 0. The molecule has 26 heavy (non-hydrogen) atoms. The van der Waals surface area contributed by atoms with Crippen molar-refractivity contribution in [2.75, 3.05) is 53.1 Å². The van der Waals surface area contributed by atoms with E-state index in [9.17, 15) is 9.59 Å². The van der Waals surface area contributed by atoms with Gasteiger partial charge in [-0.25, -0.2) is 0 Å². The lowest BCUT2D eigenvalue weighted by Gasteiger charge is -2.34. The highest BCUT2D eigenvalue weighted by atomic mass is 16.5. The highest BCUT2D eigenvalue weighted by Gasteiger charge is 2.25. The van der Waals surface area contributed by atoms with Gasteiger partial charge in [-0.1, -0.05) is 0 Å². The molecule has 2 amide bonds. The average molecular weight is 362 g/mol. The number of nitrogens with zero attached hydrogens (tertiary/aromatic N) is 2. The number of rotatable bonds is 6. The molecule has 2 saturated heterocycles. The lowest BCUT2D eigenvalue weighted by Crippen LogP contribution is -2.51. The standard InChI is InChI=1S/C19H26N2O5/c1-24-16-6-4-15(5-7-16)19(23)21-10-8-20(9-11-21)18(22)14-25-13-17-3-2-12-26-17/h4-7,17H,2-3,8-14H2,1H3/t17-/m1/s1. The Morgan fingerprint density at radius 2 is 1.81 bits per heavy atom. The molecule has 0 N–H and O–H groups in total. The Balaban J connectivity index is 1.41. The highest BCUT2D eigenvalue weighted by molar-refractivity contribution is 5.94. The molecule has 1 aromatic rings. The number of hydrogen-bond donors (Lipinski definition) is 0. The Morgan fingerprint density at radius 1 is 1.12 bits per heavy atom. The van der Waals surface area contributed by atoms with E-state index >= 15 is 0 Å². The maximum absolute atomic E-state index is 12.5. The fraction of sp³-hybridized carbons (Fsp3) is 0.579. The summed E-state index contributed by atoms with van der Waals surface area (Å²) in [6.45, 7) is 3.46. The molecule has 142 valence electrons. The van der Waals surface area contributed by atoms with Crippen LogP contribution in [0.25, 0.3) is 0 Å². The molecule has 2 aliphatic heterocycles. The van der Waals surface area contributed by atoms with E-state index < -0.39 is 0 Å². The van der Waals surface area contributed by atoms with Crippen LogP contribution in [0.1, 0.15) is 23.2 Å². The Bertz CT molecular complexity index is 605. The van der Waals surface area contributed by atoms with Crippen LogP contribution in [0.2, 0.25) is 0 Å². The quantitative estimate of drug-likeness (QED) is 0.760. The van der Waals surface area contributed by atoms with Crippen molar-refractivity contribution in [3.63, 3.8) is 0 Å². The predicted molar refractivity (Wildman–Crippen MR) is 95.3 cm³/mol. The van der Waals surface area contributed by atoms with Crippen LogP contribution in [0.4, 0.5) is 0 Å². The lowest BCUT2D eigenvalue weighted by atomic mass is 10.1. The van der Waals surface area contributed by atoms with Crippen LogP contribution in [-0.2, 0) is 14.3 Å². The summed E-state index contributed by atoms with van der Waals surface area (Å²) < 4.78 is 16.1. The predicted octanol–water partition coefficient (Wildman–Crippen LogP) is 1.18. The Hall–Kier alpha value is -2.12. The summed E-state index contributed by atoms with van der Waals surface area (Å²) in [4.78, 5) is 28.3. The number of ether oxygens (including phenoxy) is 3. The first kappa shape index (κ1) is 18.7. The van der Waals surface area contributed by atoms with E-state index in [1.54, 1.807) is 41.2 Å². The summed E-state index contributed by atoms with van der Waals surface area (Å²) in [5.74, 6) is 0.675. The SMILES string of the molecule is COc1ccc(C(=O)N2CCN(C(=O)COC[C@H]3CCCO3)CC2)cc1. The van der Waals surface area contributed by atoms with E-state index in [4.69, 9.17) is 14.2 Å². The second kappa shape index (κ2) is 9.00. The molecular formula is C19H26N2O5. The number of methoxy groups -OCH3 is 1. The van der Waals surface area contributed by atoms with Crippen LogP contribution in [0.15, 0.2) is 24.3 Å². The first-order valence-corrected chi connectivity index (χ1v) is 9.08. The summed E-state index contributed by atoms with van der Waals surface area (Å²) in [5.41, 5.74) is 0.630. The highest BCUT2D eigenvalue weighted by Crippen LogP contribution is 2.15. The van der Waals surface area contributed by atoms with Crippen LogP contribution >= 0.6 is 0 Å². The number of carbonyl (C=O) groups excluding carboxylic acids is 2. The third kappa shape index (κ3) is 4.74. The minimum Gasteiger partial charge on any atom is -0.497 e. The maximum atomic E-state index is 12.5. The third-order valence-electron chi connectivity index (χ3n) is 4.81. The lowest BCUT2D eigenvalue weighted by molar-refractivity contribution is -0.138. The van der Waals surface area contributed by atoms with Gasteiger partial charge in [-0.05, 0) is 37.1 Å². The van der Waals surface area contributed by atoms with Crippen molar-refractivity contribution < 1.29 is 23.8 Å². The smallest absolute Gasteiger partial charge is 0.253 e. The van der Waals surface area contributed by atoms with Crippen LogP contribution < -0.4 is 4.74 Å². The minimum atomic E-state index is -0.0282. The average Bonchev–Trinajstić information content (AvgIpc) is 3.21. The monoisotopic (exact) mass is 362 g/mol. The van der Waals surface area contributed by atoms with Gasteiger partial charge in [0.1, 0.15) is 12.4 Å². The molecule has 0 saturated carbocycles. The van der Waals surface area contributed by atoms with Gasteiger partial charge in [0.15, 0.2) is 0 Å². The Morgan fingerprint density at radius 3 is 2.42 bits per heavy atom. The van der Waals surface area contributed by atoms with Gasteiger partial charge in [-0.3, -0.25) is 9.59 Å². The molecule has 0 radical (unpaired) electrons. The van der Waals surface area contributed by atoms with E-state index in [1.807, 2.05) is 0 Å². The van der Waals surface area contributed by atoms with Gasteiger partial charge in [0.05, 0.1) is 19.8 Å². The zero-order valence-corrected chi connectivity index (χ0v) is 15.2. The molecular weight excluding hydrogens is 336 g/mol. The molecule has 2 heterocycles. The number of piperazine rings is 1. The molecule has 2 fully saturated rings. The summed E-state index contributed by atoms with van der Waals surface area (Å²) in [6, 6.07) is 7.08. The van der Waals surface area contributed by atoms with Crippen molar-refractivity contribution in [1.29, 1.82) is 0 Å². The van der Waals surface area contributed by atoms with Gasteiger partial charge >= 0.3 is 0 Å². The molecule has 3 rings (SSSR count). The largest absolute Gasteiger partial charge is 0.497 e. The molecule has 7 heteroatoms. The second-order valence-electron chi connectivity index (χ2n) is 6.55. The van der Waals surface area contributed by atoms with Gasteiger partial charge in [0.2, 0.25) is 5.91 Å². The molecule has 0 unspecified atom stereocenters. The van der Waals surface area contributed by atoms with Crippen molar-refractivity contribution in [3.8, 4) is 5.75 Å². The molecule has 7 nitrogen and oxygen atoms in total. The number of benzene rings is 1. The molecule has 1 atom stereocenters. The number of amides is 2. The van der Waals surface area contributed by atoms with Crippen LogP contribution in [0, 0.1) is 0 Å². The Labute approximate surface area is 153 Å². The Kier molecular flexibility index (Phi) is 6.46. The molecule has 0 aromatic heterocycles. The van der Waals surface area contributed by atoms with Crippen LogP contribution in [0.3, 0.4) is 0 Å². The topological polar surface area (TPSA) is 68.3 Å². The normalized spacial score (nSPS) is 20.3. The van der Waals surface area contributed by atoms with Gasteiger partial charge in [0.25, 0.3) is 5.91 Å². The van der Waals surface area contributed by atoms with Gasteiger partial charge in [0, 0.05) is 38.3 Å². The van der Waals surface area contributed by atoms with E-state index in [1.165, 1.54) is 0 Å². The van der Waals surface area contributed by atoms with Crippen molar-refractivity contribution in [3.05, 3.63) is 29.8 Å². The summed E-state index contributed by atoms with van der Waals surface area (Å²) in [7, 11) is 1.59. The first-order valence-electron chi connectivity index (χ1n) is 9.08.